The monoisotopic (exact) mass is 235 g/mol. The zero-order chi connectivity index (χ0) is 12.3. The van der Waals surface area contributed by atoms with E-state index in [1.54, 1.807) is 6.20 Å². The van der Waals surface area contributed by atoms with E-state index in [2.05, 4.69) is 9.88 Å². The fourth-order valence-electron chi connectivity index (χ4n) is 2.12. The Labute approximate surface area is 101 Å². The van der Waals surface area contributed by atoms with Gasteiger partial charge < -0.3 is 10.0 Å². The third kappa shape index (κ3) is 2.94. The van der Waals surface area contributed by atoms with Gasteiger partial charge in [-0.1, -0.05) is 6.07 Å². The molecule has 1 aliphatic rings. The first-order chi connectivity index (χ1) is 8.16. The zero-order valence-corrected chi connectivity index (χ0v) is 9.96. The molecule has 92 valence electrons. The molecule has 0 aromatic carbocycles. The molecule has 0 unspecified atom stereocenters. The molecule has 2 heterocycles. The summed E-state index contributed by atoms with van der Waals surface area (Å²) in [6.45, 7) is 5.42. The Morgan fingerprint density at radius 1 is 1.41 bits per heavy atom. The van der Waals surface area contributed by atoms with Crippen LogP contribution in [0, 0.1) is 6.92 Å². The van der Waals surface area contributed by atoms with Crippen LogP contribution in [0.25, 0.3) is 0 Å². The molecule has 0 spiro atoms. The van der Waals surface area contributed by atoms with Crippen molar-refractivity contribution in [2.24, 2.45) is 0 Å². The molecule has 5 nitrogen and oxygen atoms in total. The molecule has 5 heteroatoms. The molecule has 1 fully saturated rings. The molecule has 0 bridgehead atoms. The van der Waals surface area contributed by atoms with Crippen molar-refractivity contribution in [3.05, 3.63) is 23.9 Å². The second-order valence-corrected chi connectivity index (χ2v) is 4.30. The first-order valence-electron chi connectivity index (χ1n) is 5.77. The molecule has 0 amide bonds. The van der Waals surface area contributed by atoms with E-state index in [4.69, 9.17) is 5.11 Å². The van der Waals surface area contributed by atoms with Gasteiger partial charge in [0, 0.05) is 32.4 Å². The zero-order valence-electron chi connectivity index (χ0n) is 9.96. The van der Waals surface area contributed by atoms with E-state index in [0.717, 1.165) is 32.0 Å². The van der Waals surface area contributed by atoms with Crippen LogP contribution in [0.1, 0.15) is 5.56 Å². The highest BCUT2D eigenvalue weighted by Gasteiger charge is 2.20. The number of hydrogen-bond donors (Lipinski definition) is 1. The van der Waals surface area contributed by atoms with Crippen LogP contribution in [0.3, 0.4) is 0 Å². The lowest BCUT2D eigenvalue weighted by Crippen LogP contribution is -2.48. The fraction of sp³-hybridized carbons (Fsp3) is 0.500. The van der Waals surface area contributed by atoms with Gasteiger partial charge in [0.25, 0.3) is 0 Å². The fourth-order valence-corrected chi connectivity index (χ4v) is 2.12. The predicted octanol–water partition coefficient (Wildman–Crippen LogP) is 0.597. The standard InChI is InChI=1S/C12H17N3O2/c1-10-3-2-4-13-12(10)15-7-5-14(6-8-15)9-11(16)17/h2-4H,5-9H2,1H3,(H,16,17). The van der Waals surface area contributed by atoms with Gasteiger partial charge in [-0.2, -0.15) is 0 Å². The number of carboxylic acid groups (broad SMARTS) is 1. The normalized spacial score (nSPS) is 17.1. The molecule has 1 saturated heterocycles. The maximum Gasteiger partial charge on any atom is 0.317 e. The van der Waals surface area contributed by atoms with Gasteiger partial charge >= 0.3 is 5.97 Å². The predicted molar refractivity (Wildman–Crippen MR) is 65.3 cm³/mol. The quantitative estimate of drug-likeness (QED) is 0.831. The summed E-state index contributed by atoms with van der Waals surface area (Å²) in [5.41, 5.74) is 1.17. The average molecular weight is 235 g/mol. The number of aryl methyl sites for hydroxylation is 1. The molecular formula is C12H17N3O2. The molecular weight excluding hydrogens is 218 g/mol. The summed E-state index contributed by atoms with van der Waals surface area (Å²) in [5.74, 6) is 0.259. The van der Waals surface area contributed by atoms with Crippen LogP contribution < -0.4 is 4.90 Å². The average Bonchev–Trinajstić information content (AvgIpc) is 2.30. The SMILES string of the molecule is Cc1cccnc1N1CCN(CC(=O)O)CC1. The van der Waals surface area contributed by atoms with Crippen LogP contribution in [-0.2, 0) is 4.79 Å². The van der Waals surface area contributed by atoms with Crippen LogP contribution in [-0.4, -0.2) is 53.7 Å². The van der Waals surface area contributed by atoms with Gasteiger partial charge in [0.15, 0.2) is 0 Å². The third-order valence-electron chi connectivity index (χ3n) is 3.01. The summed E-state index contributed by atoms with van der Waals surface area (Å²) in [4.78, 5) is 19.2. The summed E-state index contributed by atoms with van der Waals surface area (Å²) in [7, 11) is 0. The molecule has 17 heavy (non-hydrogen) atoms. The van der Waals surface area contributed by atoms with Crippen molar-refractivity contribution in [2.75, 3.05) is 37.6 Å². The first kappa shape index (κ1) is 11.9. The molecule has 1 aromatic heterocycles. The minimum atomic E-state index is -0.757. The van der Waals surface area contributed by atoms with Crippen LogP contribution in [0.4, 0.5) is 5.82 Å². The second kappa shape index (κ2) is 5.14. The van der Waals surface area contributed by atoms with Crippen molar-refractivity contribution < 1.29 is 9.90 Å². The van der Waals surface area contributed by atoms with E-state index in [-0.39, 0.29) is 6.54 Å². The number of hydrogen-bond acceptors (Lipinski definition) is 4. The molecule has 0 saturated carbocycles. The number of carbonyl (C=O) groups is 1. The molecule has 0 radical (unpaired) electrons. The maximum absolute atomic E-state index is 10.6. The molecule has 1 N–H and O–H groups in total. The van der Waals surface area contributed by atoms with Crippen molar-refractivity contribution in [3.8, 4) is 0 Å². The van der Waals surface area contributed by atoms with Crippen LogP contribution in [0.15, 0.2) is 18.3 Å². The van der Waals surface area contributed by atoms with Gasteiger partial charge in [-0.05, 0) is 18.6 Å². The third-order valence-corrected chi connectivity index (χ3v) is 3.01. The van der Waals surface area contributed by atoms with Gasteiger partial charge in [0.05, 0.1) is 6.54 Å². The number of nitrogens with zero attached hydrogens (tertiary/aromatic N) is 3. The first-order valence-corrected chi connectivity index (χ1v) is 5.77. The molecule has 0 atom stereocenters. The Kier molecular flexibility index (Phi) is 3.58. The lowest BCUT2D eigenvalue weighted by atomic mass is 10.2. The number of carboxylic acids is 1. The Morgan fingerprint density at radius 3 is 2.71 bits per heavy atom. The minimum Gasteiger partial charge on any atom is -0.480 e. The van der Waals surface area contributed by atoms with Crippen molar-refractivity contribution in [1.29, 1.82) is 0 Å². The van der Waals surface area contributed by atoms with Crippen LogP contribution in [0.5, 0.6) is 0 Å². The van der Waals surface area contributed by atoms with E-state index < -0.39 is 5.97 Å². The van der Waals surface area contributed by atoms with Gasteiger partial charge in [-0.25, -0.2) is 4.98 Å². The largest absolute Gasteiger partial charge is 0.480 e. The highest BCUT2D eigenvalue weighted by molar-refractivity contribution is 5.69. The Bertz CT molecular complexity index is 400. The van der Waals surface area contributed by atoms with E-state index in [9.17, 15) is 4.79 Å². The smallest absolute Gasteiger partial charge is 0.317 e. The van der Waals surface area contributed by atoms with Crippen LogP contribution in [0.2, 0.25) is 0 Å². The maximum atomic E-state index is 10.6. The summed E-state index contributed by atoms with van der Waals surface area (Å²) in [5, 5.41) is 8.73. The Morgan fingerprint density at radius 2 is 2.12 bits per heavy atom. The number of anilines is 1. The van der Waals surface area contributed by atoms with Crippen molar-refractivity contribution in [1.82, 2.24) is 9.88 Å². The van der Waals surface area contributed by atoms with Crippen molar-refractivity contribution in [2.45, 2.75) is 6.92 Å². The number of piperazine rings is 1. The Balaban J connectivity index is 1.95. The van der Waals surface area contributed by atoms with Gasteiger partial charge in [0.1, 0.15) is 5.82 Å². The lowest BCUT2D eigenvalue weighted by molar-refractivity contribution is -0.138. The number of rotatable bonds is 3. The Hall–Kier alpha value is -1.62. The van der Waals surface area contributed by atoms with E-state index in [1.807, 2.05) is 24.0 Å². The highest BCUT2D eigenvalue weighted by atomic mass is 16.4. The number of pyridine rings is 1. The minimum absolute atomic E-state index is 0.134. The van der Waals surface area contributed by atoms with E-state index in [1.165, 1.54) is 5.56 Å². The molecule has 0 aliphatic carbocycles. The summed E-state index contributed by atoms with van der Waals surface area (Å²) in [6, 6.07) is 3.98. The van der Waals surface area contributed by atoms with Crippen molar-refractivity contribution >= 4 is 11.8 Å². The van der Waals surface area contributed by atoms with Crippen LogP contribution >= 0.6 is 0 Å². The summed E-state index contributed by atoms with van der Waals surface area (Å²) in [6.07, 6.45) is 1.80. The van der Waals surface area contributed by atoms with E-state index in [0.29, 0.717) is 0 Å². The molecule has 1 aromatic rings. The van der Waals surface area contributed by atoms with Gasteiger partial charge in [-0.15, -0.1) is 0 Å². The van der Waals surface area contributed by atoms with Gasteiger partial charge in [-0.3, -0.25) is 9.69 Å². The second-order valence-electron chi connectivity index (χ2n) is 4.30. The number of aromatic nitrogens is 1. The molecule has 1 aliphatic heterocycles. The lowest BCUT2D eigenvalue weighted by Gasteiger charge is -2.35. The topological polar surface area (TPSA) is 56.7 Å². The number of aliphatic carboxylic acids is 1. The highest BCUT2D eigenvalue weighted by Crippen LogP contribution is 2.17. The summed E-state index contributed by atoms with van der Waals surface area (Å²) < 4.78 is 0. The van der Waals surface area contributed by atoms with Gasteiger partial charge in [0.2, 0.25) is 0 Å². The van der Waals surface area contributed by atoms with Crippen molar-refractivity contribution in [3.63, 3.8) is 0 Å². The molecule has 2 rings (SSSR count). The summed E-state index contributed by atoms with van der Waals surface area (Å²) >= 11 is 0. The van der Waals surface area contributed by atoms with E-state index >= 15 is 0 Å².